The van der Waals surface area contributed by atoms with E-state index < -0.39 is 0 Å². The van der Waals surface area contributed by atoms with E-state index in [9.17, 15) is 4.79 Å². The number of halogens is 1. The van der Waals surface area contributed by atoms with Crippen molar-refractivity contribution in [3.05, 3.63) is 58.1 Å². The highest BCUT2D eigenvalue weighted by Gasteiger charge is 2.14. The molecule has 4 N–H and O–H groups in total. The number of carbonyl (C=O) groups is 1. The molecule has 0 spiro atoms. The number of nitrogens with zero attached hydrogens (tertiary/aromatic N) is 6. The van der Waals surface area contributed by atoms with Crippen LogP contribution in [0.4, 0.5) is 11.1 Å². The van der Waals surface area contributed by atoms with Crippen LogP contribution in [-0.4, -0.2) is 57.2 Å². The van der Waals surface area contributed by atoms with Crippen molar-refractivity contribution in [3.8, 4) is 11.5 Å². The third-order valence-corrected chi connectivity index (χ3v) is 8.17. The molecular formula is C22H22BrN9O3S3. The molecule has 2 aromatic heterocycles. The summed E-state index contributed by atoms with van der Waals surface area (Å²) < 4.78 is 13.5. The van der Waals surface area contributed by atoms with E-state index in [4.69, 9.17) is 15.3 Å². The van der Waals surface area contributed by atoms with Gasteiger partial charge in [-0.2, -0.15) is 5.10 Å². The number of ether oxygens (including phenoxy) is 2. The molecular weight excluding hydrogens is 614 g/mol. The first kappa shape index (κ1) is 27.7. The highest BCUT2D eigenvalue weighted by atomic mass is 79.9. The highest BCUT2D eigenvalue weighted by Crippen LogP contribution is 2.29. The van der Waals surface area contributed by atoms with Crippen LogP contribution < -0.4 is 26.1 Å². The van der Waals surface area contributed by atoms with Crippen LogP contribution >= 0.6 is 50.8 Å². The molecule has 0 saturated heterocycles. The molecule has 12 nitrogen and oxygen atoms in total. The summed E-state index contributed by atoms with van der Waals surface area (Å²) in [4.78, 5) is 12.4. The van der Waals surface area contributed by atoms with E-state index in [1.165, 1.54) is 16.0 Å². The minimum atomic E-state index is -0.265. The number of nitrogen functional groups attached to an aromatic ring is 1. The molecule has 0 aliphatic carbocycles. The molecule has 2 aromatic carbocycles. The molecule has 38 heavy (non-hydrogen) atoms. The molecule has 1 amide bonds. The number of anilines is 2. The van der Waals surface area contributed by atoms with Crippen molar-refractivity contribution >= 4 is 74.0 Å². The van der Waals surface area contributed by atoms with Crippen LogP contribution in [0.1, 0.15) is 11.1 Å². The summed E-state index contributed by atoms with van der Waals surface area (Å²) >= 11 is 7.46. The van der Waals surface area contributed by atoms with Gasteiger partial charge in [0.05, 0.1) is 26.2 Å². The molecule has 0 radical (unpaired) electrons. The average molecular weight is 637 g/mol. The molecule has 0 bridgehead atoms. The Kier molecular flexibility index (Phi) is 9.80. The summed E-state index contributed by atoms with van der Waals surface area (Å²) in [6, 6.07) is 13.4. The van der Waals surface area contributed by atoms with Gasteiger partial charge in [0.1, 0.15) is 0 Å². The number of hydrogen-bond acceptors (Lipinski definition) is 13. The number of rotatable bonds is 12. The average Bonchev–Trinajstić information content (AvgIpc) is 3.52. The number of methoxy groups -OCH3 is 2. The van der Waals surface area contributed by atoms with Crippen molar-refractivity contribution < 1.29 is 14.3 Å². The van der Waals surface area contributed by atoms with Gasteiger partial charge < -0.3 is 15.3 Å². The number of carbonyl (C=O) groups excluding carboxylic acids is 1. The summed E-state index contributed by atoms with van der Waals surface area (Å²) in [7, 11) is 3.13. The van der Waals surface area contributed by atoms with Crippen LogP contribution in [-0.2, 0) is 10.5 Å². The van der Waals surface area contributed by atoms with Crippen molar-refractivity contribution in [2.24, 2.45) is 5.10 Å². The SMILES string of the molecule is COc1ccc(/C=N/Nc2nnc(SCC(=O)Nc3nnc(SCc4cccc(Br)c4)s3)n2N)cc1OC. The third-order valence-electron chi connectivity index (χ3n) is 4.69. The van der Waals surface area contributed by atoms with Crippen molar-refractivity contribution in [2.45, 2.75) is 15.2 Å². The minimum absolute atomic E-state index is 0.0599. The fraction of sp³-hybridized carbons (Fsp3) is 0.182. The van der Waals surface area contributed by atoms with Gasteiger partial charge in [0.25, 0.3) is 5.95 Å². The topological polar surface area (TPSA) is 154 Å². The summed E-state index contributed by atoms with van der Waals surface area (Å²) in [6.07, 6.45) is 1.57. The summed E-state index contributed by atoms with van der Waals surface area (Å²) in [5, 5.41) is 23.8. The maximum atomic E-state index is 12.4. The van der Waals surface area contributed by atoms with E-state index in [1.807, 2.05) is 24.3 Å². The molecule has 0 atom stereocenters. The Bertz CT molecular complexity index is 1430. The van der Waals surface area contributed by atoms with Gasteiger partial charge in [0.15, 0.2) is 15.8 Å². The number of hydrazone groups is 1. The van der Waals surface area contributed by atoms with Crippen LogP contribution in [0.25, 0.3) is 0 Å². The molecule has 0 fully saturated rings. The molecule has 198 valence electrons. The number of nitrogens with one attached hydrogen (secondary N) is 2. The monoisotopic (exact) mass is 635 g/mol. The quantitative estimate of drug-likeness (QED) is 0.0677. The zero-order valence-electron chi connectivity index (χ0n) is 20.1. The number of amides is 1. The standard InChI is InChI=1S/C22H22BrN9O3S3/c1-34-16-7-6-13(9-17(16)35-2)10-25-27-19-28-30-21(32(19)24)36-12-18(33)26-20-29-31-22(38-20)37-11-14-4-3-5-15(23)8-14/h3-10H,11-12,24H2,1-2H3,(H,27,28)(H,26,29,33)/b25-10+. The molecule has 0 aliphatic heterocycles. The molecule has 0 saturated carbocycles. The third kappa shape index (κ3) is 7.59. The number of thioether (sulfide) groups is 2. The van der Waals surface area contributed by atoms with Gasteiger partial charge in [-0.1, -0.05) is 62.9 Å². The van der Waals surface area contributed by atoms with Gasteiger partial charge in [0, 0.05) is 10.2 Å². The molecule has 16 heteroatoms. The predicted molar refractivity (Wildman–Crippen MR) is 154 cm³/mol. The maximum absolute atomic E-state index is 12.4. The zero-order valence-corrected chi connectivity index (χ0v) is 24.2. The Morgan fingerprint density at radius 1 is 1.13 bits per heavy atom. The van der Waals surface area contributed by atoms with E-state index in [1.54, 1.807) is 44.3 Å². The summed E-state index contributed by atoms with van der Waals surface area (Å²) in [5.41, 5.74) is 4.67. The molecule has 2 heterocycles. The van der Waals surface area contributed by atoms with E-state index in [0.717, 1.165) is 37.5 Å². The lowest BCUT2D eigenvalue weighted by Gasteiger charge is -2.07. The van der Waals surface area contributed by atoms with Gasteiger partial charge >= 0.3 is 0 Å². The van der Waals surface area contributed by atoms with Gasteiger partial charge in [-0.05, 0) is 41.5 Å². The molecule has 0 aliphatic rings. The molecule has 4 aromatic rings. The van der Waals surface area contributed by atoms with E-state index >= 15 is 0 Å². The van der Waals surface area contributed by atoms with Crippen molar-refractivity contribution in [1.29, 1.82) is 0 Å². The molecule has 4 rings (SSSR count). The first-order chi connectivity index (χ1) is 18.4. The lowest BCUT2D eigenvalue weighted by atomic mass is 10.2. The number of benzene rings is 2. The second kappa shape index (κ2) is 13.5. The first-order valence-electron chi connectivity index (χ1n) is 10.8. The number of aromatic nitrogens is 5. The van der Waals surface area contributed by atoms with Crippen LogP contribution in [0.15, 0.2) is 61.5 Å². The van der Waals surface area contributed by atoms with Crippen molar-refractivity contribution in [1.82, 2.24) is 25.1 Å². The largest absolute Gasteiger partial charge is 0.493 e. The Balaban J connectivity index is 1.24. The zero-order chi connectivity index (χ0) is 26.9. The smallest absolute Gasteiger partial charge is 0.264 e. The van der Waals surface area contributed by atoms with E-state index in [2.05, 4.69) is 58.2 Å². The summed E-state index contributed by atoms with van der Waals surface area (Å²) in [6.45, 7) is 0. The predicted octanol–water partition coefficient (Wildman–Crippen LogP) is 4.09. The second-order valence-electron chi connectivity index (χ2n) is 7.29. The Labute approximate surface area is 238 Å². The molecule has 0 unspecified atom stereocenters. The number of nitrogens with two attached hydrogens (primary N) is 1. The maximum Gasteiger partial charge on any atom is 0.264 e. The van der Waals surface area contributed by atoms with Crippen LogP contribution in [0.3, 0.4) is 0 Å². The minimum Gasteiger partial charge on any atom is -0.493 e. The fourth-order valence-corrected chi connectivity index (χ4v) is 5.74. The van der Waals surface area contributed by atoms with Crippen LogP contribution in [0.5, 0.6) is 11.5 Å². The summed E-state index contributed by atoms with van der Waals surface area (Å²) in [5.74, 6) is 7.99. The van der Waals surface area contributed by atoms with Crippen molar-refractivity contribution in [3.63, 3.8) is 0 Å². The van der Waals surface area contributed by atoms with E-state index in [-0.39, 0.29) is 17.6 Å². The lowest BCUT2D eigenvalue weighted by molar-refractivity contribution is -0.113. The van der Waals surface area contributed by atoms with Crippen molar-refractivity contribution in [2.75, 3.05) is 36.6 Å². The lowest BCUT2D eigenvalue weighted by Crippen LogP contribution is -2.16. The second-order valence-corrected chi connectivity index (χ2v) is 11.3. The normalized spacial score (nSPS) is 11.0. The fourth-order valence-electron chi connectivity index (χ4n) is 2.93. The first-order valence-corrected chi connectivity index (χ1v) is 14.4. The van der Waals surface area contributed by atoms with Gasteiger partial charge in [0.2, 0.25) is 16.2 Å². The van der Waals surface area contributed by atoms with Crippen LogP contribution in [0.2, 0.25) is 0 Å². The van der Waals surface area contributed by atoms with Crippen LogP contribution in [0, 0.1) is 0 Å². The Morgan fingerprint density at radius 3 is 2.76 bits per heavy atom. The van der Waals surface area contributed by atoms with E-state index in [0.29, 0.717) is 21.8 Å². The van der Waals surface area contributed by atoms with Gasteiger partial charge in [-0.25, -0.2) is 10.1 Å². The number of hydrogen-bond donors (Lipinski definition) is 3. The highest BCUT2D eigenvalue weighted by molar-refractivity contribution is 9.10. The van der Waals surface area contributed by atoms with Gasteiger partial charge in [-0.15, -0.1) is 20.4 Å². The Morgan fingerprint density at radius 2 is 1.97 bits per heavy atom. The Hall–Kier alpha value is -3.34. The van der Waals surface area contributed by atoms with Gasteiger partial charge in [-0.3, -0.25) is 10.1 Å².